The second-order valence-corrected chi connectivity index (χ2v) is 6.92. The predicted molar refractivity (Wildman–Crippen MR) is 77.3 cm³/mol. The molecule has 8 heteroatoms. The van der Waals surface area contributed by atoms with E-state index < -0.39 is 26.6 Å². The lowest BCUT2D eigenvalue weighted by atomic mass is 10.1. The van der Waals surface area contributed by atoms with E-state index in [4.69, 9.17) is 5.14 Å². The maximum Gasteiger partial charge on any atom is 0.254 e. The molecule has 0 bridgehead atoms. The van der Waals surface area contributed by atoms with Gasteiger partial charge < -0.3 is 5.32 Å². The molecule has 0 heterocycles. The maximum atomic E-state index is 14.1. The zero-order chi connectivity index (χ0) is 15.5. The minimum absolute atomic E-state index is 0.135. The molecule has 0 spiro atoms. The first-order valence-corrected chi connectivity index (χ1v) is 8.33. The van der Waals surface area contributed by atoms with Crippen LogP contribution in [0.25, 0.3) is 0 Å². The van der Waals surface area contributed by atoms with E-state index in [-0.39, 0.29) is 16.1 Å². The second-order valence-electron chi connectivity index (χ2n) is 4.47. The van der Waals surface area contributed by atoms with Gasteiger partial charge in [0.05, 0.1) is 5.56 Å². The van der Waals surface area contributed by atoms with Crippen molar-refractivity contribution in [1.82, 2.24) is 5.32 Å². The Bertz CT molecular complexity index is 619. The van der Waals surface area contributed by atoms with Crippen LogP contribution in [0.3, 0.4) is 0 Å². The van der Waals surface area contributed by atoms with Crippen LogP contribution in [0.5, 0.6) is 0 Å². The average Bonchev–Trinajstić information content (AvgIpc) is 2.30. The zero-order valence-corrected chi connectivity index (χ0v) is 13.5. The third-order valence-electron chi connectivity index (χ3n) is 2.65. The number of hydrogen-bond acceptors (Lipinski definition) is 3. The molecule has 0 saturated heterocycles. The van der Waals surface area contributed by atoms with Crippen molar-refractivity contribution in [3.63, 3.8) is 0 Å². The number of amides is 1. The van der Waals surface area contributed by atoms with Gasteiger partial charge in [0.15, 0.2) is 5.82 Å². The molecule has 5 nitrogen and oxygen atoms in total. The number of carbonyl (C=O) groups excluding carboxylic acids is 1. The number of benzene rings is 1. The summed E-state index contributed by atoms with van der Waals surface area (Å²) in [5.41, 5.74) is -0.355. The van der Waals surface area contributed by atoms with E-state index >= 15 is 0 Å². The van der Waals surface area contributed by atoms with E-state index in [9.17, 15) is 17.6 Å². The highest BCUT2D eigenvalue weighted by Gasteiger charge is 2.23. The molecule has 1 amide bonds. The van der Waals surface area contributed by atoms with Crippen LogP contribution in [0.15, 0.2) is 21.5 Å². The topological polar surface area (TPSA) is 89.3 Å². The molecule has 0 aromatic heterocycles. The molecular weight excluding hydrogens is 351 g/mol. The summed E-state index contributed by atoms with van der Waals surface area (Å²) in [5.74, 6) is -1.81. The van der Waals surface area contributed by atoms with Crippen LogP contribution in [-0.4, -0.2) is 20.4 Å². The maximum absolute atomic E-state index is 14.1. The van der Waals surface area contributed by atoms with Gasteiger partial charge in [-0.3, -0.25) is 4.79 Å². The normalized spacial score (nSPS) is 13.1. The van der Waals surface area contributed by atoms with Crippen LogP contribution >= 0.6 is 15.9 Å². The average molecular weight is 367 g/mol. The fourth-order valence-electron chi connectivity index (χ4n) is 1.74. The zero-order valence-electron chi connectivity index (χ0n) is 11.1. The summed E-state index contributed by atoms with van der Waals surface area (Å²) in [5, 5.41) is 7.53. The minimum Gasteiger partial charge on any atom is -0.349 e. The molecule has 0 saturated carbocycles. The molecule has 1 aromatic rings. The Morgan fingerprint density at radius 2 is 2.10 bits per heavy atom. The van der Waals surface area contributed by atoms with Gasteiger partial charge >= 0.3 is 0 Å². The minimum atomic E-state index is -4.24. The van der Waals surface area contributed by atoms with Gasteiger partial charge in [-0.25, -0.2) is 17.9 Å². The molecule has 0 radical (unpaired) electrons. The van der Waals surface area contributed by atoms with Crippen molar-refractivity contribution in [3.05, 3.63) is 28.0 Å². The highest BCUT2D eigenvalue weighted by Crippen LogP contribution is 2.23. The number of carbonyl (C=O) groups is 1. The lowest BCUT2D eigenvalue weighted by Crippen LogP contribution is -2.33. The monoisotopic (exact) mass is 366 g/mol. The van der Waals surface area contributed by atoms with E-state index in [1.54, 1.807) is 6.92 Å². The summed E-state index contributed by atoms with van der Waals surface area (Å²) in [6.07, 6.45) is 1.61. The number of primary sulfonamides is 1. The van der Waals surface area contributed by atoms with Gasteiger partial charge in [-0.15, -0.1) is 0 Å². The summed E-state index contributed by atoms with van der Waals surface area (Å²) in [4.78, 5) is 11.3. The third-order valence-corrected chi connectivity index (χ3v) is 4.02. The Morgan fingerprint density at radius 1 is 1.50 bits per heavy atom. The van der Waals surface area contributed by atoms with E-state index in [1.165, 1.54) is 6.07 Å². The van der Waals surface area contributed by atoms with Crippen LogP contribution in [-0.2, 0) is 10.0 Å². The van der Waals surface area contributed by atoms with E-state index in [0.717, 1.165) is 18.9 Å². The fraction of sp³-hybridized carbons (Fsp3) is 0.417. The van der Waals surface area contributed by atoms with Crippen molar-refractivity contribution in [2.45, 2.75) is 37.6 Å². The summed E-state index contributed by atoms with van der Waals surface area (Å²) in [7, 11) is -4.24. The highest BCUT2D eigenvalue weighted by atomic mass is 79.9. The van der Waals surface area contributed by atoms with E-state index in [0.29, 0.717) is 0 Å². The summed E-state index contributed by atoms with van der Waals surface area (Å²) < 4.78 is 36.9. The summed E-state index contributed by atoms with van der Waals surface area (Å²) in [6, 6.07) is 2.11. The molecule has 0 aliphatic rings. The molecule has 0 aliphatic carbocycles. The Balaban J connectivity index is 3.19. The third kappa shape index (κ3) is 4.26. The van der Waals surface area contributed by atoms with Gasteiger partial charge in [-0.05, 0) is 25.5 Å². The van der Waals surface area contributed by atoms with Crippen molar-refractivity contribution in [3.8, 4) is 0 Å². The molecule has 112 valence electrons. The van der Waals surface area contributed by atoms with Gasteiger partial charge in [-0.2, -0.15) is 0 Å². The fourth-order valence-corrected chi connectivity index (χ4v) is 3.00. The first-order valence-electron chi connectivity index (χ1n) is 5.99. The Morgan fingerprint density at radius 3 is 2.60 bits per heavy atom. The molecule has 1 unspecified atom stereocenters. The van der Waals surface area contributed by atoms with Gasteiger partial charge in [-0.1, -0.05) is 29.3 Å². The molecule has 0 fully saturated rings. The highest BCUT2D eigenvalue weighted by molar-refractivity contribution is 9.10. The van der Waals surface area contributed by atoms with Crippen LogP contribution in [0.4, 0.5) is 4.39 Å². The first-order chi connectivity index (χ1) is 9.16. The summed E-state index contributed by atoms with van der Waals surface area (Å²) >= 11 is 3.04. The predicted octanol–water partition coefficient (Wildman–Crippen LogP) is 2.15. The van der Waals surface area contributed by atoms with Crippen LogP contribution in [0.2, 0.25) is 0 Å². The Labute approximate surface area is 125 Å². The Hall–Kier alpha value is -0.990. The largest absolute Gasteiger partial charge is 0.349 e. The molecular formula is C12H16BrFN2O3S. The molecule has 20 heavy (non-hydrogen) atoms. The van der Waals surface area contributed by atoms with Crippen molar-refractivity contribution in [2.24, 2.45) is 5.14 Å². The van der Waals surface area contributed by atoms with Gasteiger partial charge in [0.25, 0.3) is 5.91 Å². The lowest BCUT2D eigenvalue weighted by molar-refractivity contribution is 0.0933. The van der Waals surface area contributed by atoms with Crippen LogP contribution in [0.1, 0.15) is 37.0 Å². The van der Waals surface area contributed by atoms with Crippen molar-refractivity contribution >= 4 is 31.9 Å². The molecule has 1 atom stereocenters. The summed E-state index contributed by atoms with van der Waals surface area (Å²) in [6.45, 7) is 3.75. The Kier molecular flexibility index (Phi) is 5.67. The first kappa shape index (κ1) is 17.1. The number of nitrogens with one attached hydrogen (secondary N) is 1. The lowest BCUT2D eigenvalue weighted by Gasteiger charge is -2.14. The van der Waals surface area contributed by atoms with Crippen LogP contribution < -0.4 is 10.5 Å². The molecule has 1 rings (SSSR count). The van der Waals surface area contributed by atoms with Gasteiger partial charge in [0, 0.05) is 10.5 Å². The quantitative estimate of drug-likeness (QED) is 0.836. The van der Waals surface area contributed by atoms with Crippen molar-refractivity contribution in [2.75, 3.05) is 0 Å². The number of rotatable bonds is 5. The molecule has 0 aliphatic heterocycles. The van der Waals surface area contributed by atoms with Crippen molar-refractivity contribution in [1.29, 1.82) is 0 Å². The number of halogens is 2. The van der Waals surface area contributed by atoms with Crippen molar-refractivity contribution < 1.29 is 17.6 Å². The van der Waals surface area contributed by atoms with Gasteiger partial charge in [0.1, 0.15) is 4.90 Å². The number of hydrogen-bond donors (Lipinski definition) is 2. The SMILES string of the molecule is CCCC(C)NC(=O)c1cc(Br)cc(S(N)(=O)=O)c1F. The standard InChI is InChI=1S/C12H16BrFN2O3S/c1-3-4-7(2)16-12(17)9-5-8(13)6-10(11(9)14)20(15,18)19/h5-7H,3-4H2,1-2H3,(H,16,17)(H2,15,18,19). The smallest absolute Gasteiger partial charge is 0.254 e. The van der Waals surface area contributed by atoms with Gasteiger partial charge in [0.2, 0.25) is 10.0 Å². The molecule has 3 N–H and O–H groups in total. The second kappa shape index (κ2) is 6.64. The molecule has 1 aromatic carbocycles. The van der Waals surface area contributed by atoms with Crippen LogP contribution in [0, 0.1) is 5.82 Å². The van der Waals surface area contributed by atoms with E-state index in [2.05, 4.69) is 21.2 Å². The number of nitrogens with two attached hydrogens (primary N) is 1. The number of sulfonamides is 1. The van der Waals surface area contributed by atoms with E-state index in [1.807, 2.05) is 6.92 Å².